The van der Waals surface area contributed by atoms with Gasteiger partial charge in [-0.2, -0.15) is 0 Å². The summed E-state index contributed by atoms with van der Waals surface area (Å²) in [5.74, 6) is 0. The monoisotopic (exact) mass is 677 g/mol. The summed E-state index contributed by atoms with van der Waals surface area (Å²) in [5, 5.41) is 0. The van der Waals surface area contributed by atoms with Gasteiger partial charge in [0.1, 0.15) is 0 Å². The van der Waals surface area contributed by atoms with Crippen molar-refractivity contribution in [2.24, 2.45) is 0 Å². The van der Waals surface area contributed by atoms with Crippen molar-refractivity contribution in [3.8, 4) is 33.4 Å². The highest BCUT2D eigenvalue weighted by Gasteiger charge is 2.53. The van der Waals surface area contributed by atoms with Crippen LogP contribution in [0.1, 0.15) is 60.1 Å². The zero-order valence-electron chi connectivity index (χ0n) is 30.1. The Labute approximate surface area is 312 Å². The van der Waals surface area contributed by atoms with E-state index in [4.69, 9.17) is 0 Å². The first kappa shape index (κ1) is 30.4. The molecule has 252 valence electrons. The standard InChI is InChI=1S/C52H39N/c1-51(2)43-21-10-6-17-38(43)41-32-31-37(33-48(41)51)53(36-29-27-35(28-30-36)34-15-4-3-5-16-34)49-26-14-25-47-50(49)42-20-9-13-24-46(42)52(47)44-22-11-7-18-39(44)40-19-8-12-23-45(40)52/h3-11,13-22,24-33H,12,23H2,1-2H3. The second kappa shape index (κ2) is 11.2. The number of fused-ring (bicyclic) bond motifs is 12. The number of allylic oxidation sites excluding steroid dienone is 4. The fraction of sp³-hybridized carbons (Fsp3) is 0.115. The van der Waals surface area contributed by atoms with Crippen molar-refractivity contribution < 1.29 is 0 Å². The molecule has 0 heterocycles. The molecule has 53 heavy (non-hydrogen) atoms. The number of anilines is 3. The highest BCUT2D eigenvalue weighted by molar-refractivity contribution is 6.02. The van der Waals surface area contributed by atoms with Crippen LogP contribution in [0.15, 0.2) is 182 Å². The lowest BCUT2D eigenvalue weighted by molar-refractivity contribution is 0.660. The second-order valence-corrected chi connectivity index (χ2v) is 15.5. The number of benzene rings is 7. The average Bonchev–Trinajstić information content (AvgIpc) is 3.78. The van der Waals surface area contributed by atoms with Crippen molar-refractivity contribution in [1.29, 1.82) is 0 Å². The van der Waals surface area contributed by atoms with E-state index in [1.807, 2.05) is 0 Å². The van der Waals surface area contributed by atoms with Gasteiger partial charge in [0.25, 0.3) is 0 Å². The zero-order chi connectivity index (χ0) is 35.3. The van der Waals surface area contributed by atoms with Gasteiger partial charge in [-0.15, -0.1) is 0 Å². The molecule has 0 fully saturated rings. The average molecular weight is 678 g/mol. The maximum atomic E-state index is 2.53. The summed E-state index contributed by atoms with van der Waals surface area (Å²) in [6.45, 7) is 4.75. The lowest BCUT2D eigenvalue weighted by Crippen LogP contribution is -2.27. The van der Waals surface area contributed by atoms with E-state index < -0.39 is 0 Å². The summed E-state index contributed by atoms with van der Waals surface area (Å²) in [7, 11) is 0. The zero-order valence-corrected chi connectivity index (χ0v) is 30.1. The molecule has 7 aromatic carbocycles. The molecule has 1 atom stereocenters. The van der Waals surface area contributed by atoms with Crippen LogP contribution in [0.5, 0.6) is 0 Å². The molecular formula is C52H39N. The van der Waals surface area contributed by atoms with Crippen LogP contribution in [-0.2, 0) is 10.8 Å². The van der Waals surface area contributed by atoms with Crippen molar-refractivity contribution >= 4 is 22.6 Å². The molecule has 0 saturated carbocycles. The molecule has 1 spiro atoms. The molecule has 0 bridgehead atoms. The maximum Gasteiger partial charge on any atom is 0.0689 e. The molecular weight excluding hydrogens is 639 g/mol. The molecule has 0 aromatic heterocycles. The van der Waals surface area contributed by atoms with E-state index in [1.54, 1.807) is 5.57 Å². The highest BCUT2D eigenvalue weighted by atomic mass is 15.1. The Morgan fingerprint density at radius 1 is 0.472 bits per heavy atom. The predicted octanol–water partition coefficient (Wildman–Crippen LogP) is 13.6. The molecule has 0 N–H and O–H groups in total. The second-order valence-electron chi connectivity index (χ2n) is 15.5. The minimum absolute atomic E-state index is 0.106. The fourth-order valence-electron chi connectivity index (χ4n) is 10.3. The van der Waals surface area contributed by atoms with E-state index in [0.29, 0.717) is 0 Å². The lowest BCUT2D eigenvalue weighted by atomic mass is 9.68. The number of hydrogen-bond acceptors (Lipinski definition) is 1. The van der Waals surface area contributed by atoms with Gasteiger partial charge in [-0.25, -0.2) is 0 Å². The maximum absolute atomic E-state index is 2.53. The van der Waals surface area contributed by atoms with Gasteiger partial charge in [-0.3, -0.25) is 0 Å². The summed E-state index contributed by atoms with van der Waals surface area (Å²) in [4.78, 5) is 2.53. The van der Waals surface area contributed by atoms with Gasteiger partial charge >= 0.3 is 0 Å². The SMILES string of the molecule is CC1(C)c2ccccc2-c2ccc(N(c3ccc(-c4ccccc4)cc3)c3cccc4c3-c3ccccc3C43C4=C(C=CCC4)c4ccccc43)cc21. The number of rotatable bonds is 4. The summed E-state index contributed by atoms with van der Waals surface area (Å²) in [6, 6.07) is 61.5. The summed E-state index contributed by atoms with van der Waals surface area (Å²) < 4.78 is 0. The van der Waals surface area contributed by atoms with Crippen molar-refractivity contribution in [2.45, 2.75) is 37.5 Å². The molecule has 1 nitrogen and oxygen atoms in total. The van der Waals surface area contributed by atoms with Crippen LogP contribution in [0.3, 0.4) is 0 Å². The molecule has 11 rings (SSSR count). The Balaban J connectivity index is 1.18. The Kier molecular flexibility index (Phi) is 6.41. The third kappa shape index (κ3) is 4.08. The van der Waals surface area contributed by atoms with Gasteiger partial charge < -0.3 is 4.90 Å². The third-order valence-corrected chi connectivity index (χ3v) is 12.6. The van der Waals surface area contributed by atoms with Crippen molar-refractivity contribution in [1.82, 2.24) is 0 Å². The molecule has 4 aliphatic rings. The van der Waals surface area contributed by atoms with Crippen molar-refractivity contribution in [2.75, 3.05) is 4.90 Å². The van der Waals surface area contributed by atoms with Crippen LogP contribution in [0.2, 0.25) is 0 Å². The van der Waals surface area contributed by atoms with E-state index in [-0.39, 0.29) is 10.8 Å². The topological polar surface area (TPSA) is 3.24 Å². The van der Waals surface area contributed by atoms with Crippen LogP contribution < -0.4 is 4.90 Å². The quantitative estimate of drug-likeness (QED) is 0.179. The highest BCUT2D eigenvalue weighted by Crippen LogP contribution is 2.65. The Morgan fingerprint density at radius 3 is 1.87 bits per heavy atom. The molecule has 4 aliphatic carbocycles. The van der Waals surface area contributed by atoms with Gasteiger partial charge in [0, 0.05) is 22.4 Å². The molecule has 0 radical (unpaired) electrons. The van der Waals surface area contributed by atoms with Crippen LogP contribution in [-0.4, -0.2) is 0 Å². The first-order valence-corrected chi connectivity index (χ1v) is 19.0. The van der Waals surface area contributed by atoms with Crippen LogP contribution in [0.25, 0.3) is 39.0 Å². The minimum atomic E-state index is -0.316. The summed E-state index contributed by atoms with van der Waals surface area (Å²) in [5.41, 5.74) is 22.2. The van der Waals surface area contributed by atoms with Crippen molar-refractivity contribution in [3.05, 3.63) is 215 Å². The molecule has 0 saturated heterocycles. The number of nitrogens with zero attached hydrogens (tertiary/aromatic N) is 1. The van der Waals surface area contributed by atoms with Gasteiger partial charge in [0.2, 0.25) is 0 Å². The molecule has 0 amide bonds. The van der Waals surface area contributed by atoms with Gasteiger partial charge in [0.15, 0.2) is 0 Å². The van der Waals surface area contributed by atoms with Crippen LogP contribution in [0.4, 0.5) is 17.1 Å². The molecule has 1 heteroatoms. The van der Waals surface area contributed by atoms with Gasteiger partial charge in [-0.1, -0.05) is 159 Å². The third-order valence-electron chi connectivity index (χ3n) is 12.6. The van der Waals surface area contributed by atoms with E-state index in [1.165, 1.54) is 83.7 Å². The van der Waals surface area contributed by atoms with E-state index in [9.17, 15) is 0 Å². The Morgan fingerprint density at radius 2 is 1.08 bits per heavy atom. The first-order chi connectivity index (χ1) is 26.1. The Hall–Kier alpha value is -6.18. The van der Waals surface area contributed by atoms with Gasteiger partial charge in [-0.05, 0) is 116 Å². The fourth-order valence-corrected chi connectivity index (χ4v) is 10.3. The molecule has 7 aromatic rings. The normalized spacial score (nSPS) is 17.9. The predicted molar refractivity (Wildman–Crippen MR) is 221 cm³/mol. The molecule has 1 unspecified atom stereocenters. The number of hydrogen-bond donors (Lipinski definition) is 0. The Bertz CT molecular complexity index is 2690. The summed E-state index contributed by atoms with van der Waals surface area (Å²) >= 11 is 0. The van der Waals surface area contributed by atoms with E-state index >= 15 is 0 Å². The van der Waals surface area contributed by atoms with Crippen molar-refractivity contribution in [3.63, 3.8) is 0 Å². The van der Waals surface area contributed by atoms with Gasteiger partial charge in [0.05, 0.1) is 11.1 Å². The largest absolute Gasteiger partial charge is 0.310 e. The van der Waals surface area contributed by atoms with E-state index in [0.717, 1.165) is 18.5 Å². The van der Waals surface area contributed by atoms with Crippen LogP contribution in [0, 0.1) is 0 Å². The molecule has 0 aliphatic heterocycles. The van der Waals surface area contributed by atoms with E-state index in [2.05, 4.69) is 195 Å². The smallest absolute Gasteiger partial charge is 0.0689 e. The minimum Gasteiger partial charge on any atom is -0.310 e. The van der Waals surface area contributed by atoms with Crippen LogP contribution >= 0.6 is 0 Å². The lowest BCUT2D eigenvalue weighted by Gasteiger charge is -2.34. The first-order valence-electron chi connectivity index (χ1n) is 19.0. The summed E-state index contributed by atoms with van der Waals surface area (Å²) in [6.07, 6.45) is 6.88.